The molecule has 0 spiro atoms. The number of carbonyl (C=O) groups excluding carboxylic acids is 1. The number of aromatic nitrogens is 4. The van der Waals surface area contributed by atoms with Gasteiger partial charge in [0.15, 0.2) is 0 Å². The standard InChI is InChI=1S/C11H19N5O2S/c1-2-15(6-3-7-17)10(18)8-19-11-12-13-14-16(11)9-4-5-9/h9,17H,2-8H2,1H3. The van der Waals surface area contributed by atoms with Crippen LogP contribution in [0.3, 0.4) is 0 Å². The Morgan fingerprint density at radius 3 is 3.00 bits per heavy atom. The summed E-state index contributed by atoms with van der Waals surface area (Å²) in [6, 6.07) is 0.421. The first-order chi connectivity index (χ1) is 9.26. The Morgan fingerprint density at radius 1 is 1.58 bits per heavy atom. The van der Waals surface area contributed by atoms with Gasteiger partial charge in [0, 0.05) is 19.7 Å². The SMILES string of the molecule is CCN(CCCO)C(=O)CSc1nnnn1C1CC1. The van der Waals surface area contributed by atoms with E-state index < -0.39 is 0 Å². The molecule has 1 aromatic rings. The molecule has 0 atom stereocenters. The van der Waals surface area contributed by atoms with E-state index in [0.29, 0.717) is 36.5 Å². The van der Waals surface area contributed by atoms with Gasteiger partial charge in [-0.25, -0.2) is 4.68 Å². The van der Waals surface area contributed by atoms with Gasteiger partial charge in [0.05, 0.1) is 11.8 Å². The van der Waals surface area contributed by atoms with E-state index in [-0.39, 0.29) is 12.5 Å². The predicted molar refractivity (Wildman–Crippen MR) is 70.8 cm³/mol. The summed E-state index contributed by atoms with van der Waals surface area (Å²) in [7, 11) is 0. The number of aliphatic hydroxyl groups is 1. The Morgan fingerprint density at radius 2 is 2.37 bits per heavy atom. The second-order valence-corrected chi connectivity index (χ2v) is 5.42. The molecule has 1 heterocycles. The Hall–Kier alpha value is -1.15. The number of tetrazole rings is 1. The molecule has 1 N–H and O–H groups in total. The van der Waals surface area contributed by atoms with Crippen molar-refractivity contribution in [2.75, 3.05) is 25.4 Å². The fourth-order valence-corrected chi connectivity index (χ4v) is 2.61. The molecule has 2 rings (SSSR count). The number of carbonyl (C=O) groups is 1. The smallest absolute Gasteiger partial charge is 0.233 e. The predicted octanol–water partition coefficient (Wildman–Crippen LogP) is 0.331. The van der Waals surface area contributed by atoms with Crippen molar-refractivity contribution in [2.24, 2.45) is 0 Å². The zero-order valence-electron chi connectivity index (χ0n) is 11.0. The van der Waals surface area contributed by atoms with Crippen LogP contribution in [0.1, 0.15) is 32.2 Å². The maximum Gasteiger partial charge on any atom is 0.233 e. The van der Waals surface area contributed by atoms with Crippen molar-refractivity contribution in [1.82, 2.24) is 25.1 Å². The Kier molecular flexibility index (Phi) is 5.15. The second-order valence-electron chi connectivity index (χ2n) is 4.48. The molecule has 8 heteroatoms. The van der Waals surface area contributed by atoms with Gasteiger partial charge in [0.25, 0.3) is 0 Å². The zero-order valence-corrected chi connectivity index (χ0v) is 11.8. The Bertz CT molecular complexity index is 421. The third kappa shape index (κ3) is 3.90. The highest BCUT2D eigenvalue weighted by Gasteiger charge is 2.28. The molecule has 1 aromatic heterocycles. The molecular formula is C11H19N5O2S. The molecule has 19 heavy (non-hydrogen) atoms. The minimum absolute atomic E-state index is 0.0614. The summed E-state index contributed by atoms with van der Waals surface area (Å²) in [4.78, 5) is 13.8. The monoisotopic (exact) mass is 285 g/mol. The molecule has 1 aliphatic carbocycles. The van der Waals surface area contributed by atoms with Crippen molar-refractivity contribution in [1.29, 1.82) is 0 Å². The molecule has 1 saturated carbocycles. The summed E-state index contributed by atoms with van der Waals surface area (Å²) in [6.07, 6.45) is 2.85. The first-order valence-electron chi connectivity index (χ1n) is 6.55. The van der Waals surface area contributed by atoms with E-state index in [1.165, 1.54) is 11.8 Å². The molecule has 1 aliphatic rings. The maximum atomic E-state index is 12.0. The van der Waals surface area contributed by atoms with Crippen LogP contribution in [-0.4, -0.2) is 61.6 Å². The van der Waals surface area contributed by atoms with Gasteiger partial charge < -0.3 is 10.0 Å². The van der Waals surface area contributed by atoms with Crippen molar-refractivity contribution in [2.45, 2.75) is 37.4 Å². The van der Waals surface area contributed by atoms with Crippen molar-refractivity contribution in [3.63, 3.8) is 0 Å². The number of aliphatic hydroxyl groups excluding tert-OH is 1. The summed E-state index contributed by atoms with van der Waals surface area (Å²) in [5.74, 6) is 0.401. The van der Waals surface area contributed by atoms with Crippen molar-refractivity contribution in [3.05, 3.63) is 0 Å². The van der Waals surface area contributed by atoms with E-state index in [2.05, 4.69) is 15.5 Å². The molecule has 0 bridgehead atoms. The van der Waals surface area contributed by atoms with Gasteiger partial charge in [-0.15, -0.1) is 5.10 Å². The van der Waals surface area contributed by atoms with Crippen LogP contribution in [0.25, 0.3) is 0 Å². The third-order valence-corrected chi connectivity index (χ3v) is 3.92. The highest BCUT2D eigenvalue weighted by Crippen LogP contribution is 2.36. The van der Waals surface area contributed by atoms with Gasteiger partial charge >= 0.3 is 0 Å². The minimum atomic E-state index is 0.0614. The van der Waals surface area contributed by atoms with E-state index >= 15 is 0 Å². The lowest BCUT2D eigenvalue weighted by atomic mass is 10.4. The van der Waals surface area contributed by atoms with Crippen LogP contribution in [-0.2, 0) is 4.79 Å². The second kappa shape index (κ2) is 6.85. The van der Waals surface area contributed by atoms with Crippen molar-refractivity contribution < 1.29 is 9.90 Å². The third-order valence-electron chi connectivity index (χ3n) is 3.00. The van der Waals surface area contributed by atoms with E-state index in [9.17, 15) is 4.79 Å². The summed E-state index contributed by atoms with van der Waals surface area (Å²) in [6.45, 7) is 3.30. The van der Waals surface area contributed by atoms with Crippen LogP contribution in [0.15, 0.2) is 5.16 Å². The highest BCUT2D eigenvalue weighted by atomic mass is 32.2. The molecule has 7 nitrogen and oxygen atoms in total. The van der Waals surface area contributed by atoms with Crippen LogP contribution in [0.4, 0.5) is 0 Å². The van der Waals surface area contributed by atoms with Gasteiger partial charge in [-0.05, 0) is 36.6 Å². The van der Waals surface area contributed by atoms with Crippen molar-refractivity contribution in [3.8, 4) is 0 Å². The number of rotatable bonds is 8. The molecule has 0 saturated heterocycles. The van der Waals surface area contributed by atoms with Gasteiger partial charge in [-0.1, -0.05) is 11.8 Å². The van der Waals surface area contributed by atoms with Crippen LogP contribution >= 0.6 is 11.8 Å². The Labute approximate surface area is 116 Å². The van der Waals surface area contributed by atoms with Crippen molar-refractivity contribution >= 4 is 17.7 Å². The first-order valence-corrected chi connectivity index (χ1v) is 7.54. The van der Waals surface area contributed by atoms with Crippen LogP contribution in [0, 0.1) is 0 Å². The van der Waals surface area contributed by atoms with Gasteiger partial charge in [-0.3, -0.25) is 4.79 Å². The quantitative estimate of drug-likeness (QED) is 0.693. The van der Waals surface area contributed by atoms with E-state index in [1.807, 2.05) is 11.6 Å². The summed E-state index contributed by atoms with van der Waals surface area (Å²) >= 11 is 1.38. The lowest BCUT2D eigenvalue weighted by molar-refractivity contribution is -0.128. The number of thioether (sulfide) groups is 1. The fraction of sp³-hybridized carbons (Fsp3) is 0.818. The molecule has 1 fully saturated rings. The summed E-state index contributed by atoms with van der Waals surface area (Å²) in [5.41, 5.74) is 0. The molecule has 0 aromatic carbocycles. The number of hydrogen-bond acceptors (Lipinski definition) is 6. The topological polar surface area (TPSA) is 84.1 Å². The minimum Gasteiger partial charge on any atom is -0.396 e. The van der Waals surface area contributed by atoms with Gasteiger partial charge in [-0.2, -0.15) is 0 Å². The molecule has 106 valence electrons. The van der Waals surface area contributed by atoms with Crippen LogP contribution < -0.4 is 0 Å². The highest BCUT2D eigenvalue weighted by molar-refractivity contribution is 7.99. The number of nitrogens with zero attached hydrogens (tertiary/aromatic N) is 5. The first kappa shape index (κ1) is 14.3. The van der Waals surface area contributed by atoms with E-state index in [4.69, 9.17) is 5.11 Å². The number of amides is 1. The summed E-state index contributed by atoms with van der Waals surface area (Å²) in [5, 5.41) is 21.1. The molecule has 0 aliphatic heterocycles. The normalized spacial score (nSPS) is 14.6. The number of hydrogen-bond donors (Lipinski definition) is 1. The van der Waals surface area contributed by atoms with E-state index in [0.717, 1.165) is 12.8 Å². The fourth-order valence-electron chi connectivity index (χ4n) is 1.77. The van der Waals surface area contributed by atoms with Crippen LogP contribution in [0.2, 0.25) is 0 Å². The molecular weight excluding hydrogens is 266 g/mol. The lowest BCUT2D eigenvalue weighted by Gasteiger charge is -2.19. The Balaban J connectivity index is 1.83. The summed E-state index contributed by atoms with van der Waals surface area (Å²) < 4.78 is 1.81. The van der Waals surface area contributed by atoms with Gasteiger partial charge in [0.1, 0.15) is 0 Å². The average molecular weight is 285 g/mol. The molecule has 0 radical (unpaired) electrons. The van der Waals surface area contributed by atoms with Gasteiger partial charge in [0.2, 0.25) is 11.1 Å². The molecule has 0 unspecified atom stereocenters. The van der Waals surface area contributed by atoms with Crippen LogP contribution in [0.5, 0.6) is 0 Å². The maximum absolute atomic E-state index is 12.0. The van der Waals surface area contributed by atoms with E-state index in [1.54, 1.807) is 4.90 Å². The average Bonchev–Trinajstić information content (AvgIpc) is 3.16. The lowest BCUT2D eigenvalue weighted by Crippen LogP contribution is -2.33. The molecule has 1 amide bonds. The largest absolute Gasteiger partial charge is 0.396 e. The zero-order chi connectivity index (χ0) is 13.7.